The zero-order valence-electron chi connectivity index (χ0n) is 16.5. The largest absolute Gasteiger partial charge is 0.478 e. The molecule has 0 spiro atoms. The van der Waals surface area contributed by atoms with Crippen molar-refractivity contribution in [1.82, 2.24) is 9.55 Å². The fourth-order valence-electron chi connectivity index (χ4n) is 3.12. The Balaban J connectivity index is 1.68. The number of aromatic carboxylic acids is 1. The number of carboxylic acids is 1. The van der Waals surface area contributed by atoms with Crippen molar-refractivity contribution < 1.29 is 9.90 Å². The van der Waals surface area contributed by atoms with E-state index in [9.17, 15) is 4.79 Å². The lowest BCUT2D eigenvalue weighted by molar-refractivity contribution is 0.0697. The molecular weight excluding hydrogens is 372 g/mol. The van der Waals surface area contributed by atoms with Crippen LogP contribution >= 0.6 is 11.3 Å². The number of aromatic nitrogens is 2. The third kappa shape index (κ3) is 4.72. The van der Waals surface area contributed by atoms with Gasteiger partial charge in [-0.3, -0.25) is 0 Å². The van der Waals surface area contributed by atoms with Gasteiger partial charge in [-0.05, 0) is 56.7 Å². The molecule has 2 aromatic heterocycles. The topological polar surface area (TPSA) is 70.4 Å². The zero-order chi connectivity index (χ0) is 20.1. The van der Waals surface area contributed by atoms with E-state index in [0.29, 0.717) is 6.54 Å². The summed E-state index contributed by atoms with van der Waals surface area (Å²) >= 11 is 1.69. The second-order valence-corrected chi connectivity index (χ2v) is 7.50. The van der Waals surface area contributed by atoms with Gasteiger partial charge in [-0.1, -0.05) is 0 Å². The normalized spacial score (nSPS) is 10.8. The second kappa shape index (κ2) is 8.93. The molecule has 3 rings (SSSR count). The van der Waals surface area contributed by atoms with E-state index in [1.54, 1.807) is 35.6 Å². The van der Waals surface area contributed by atoms with E-state index in [2.05, 4.69) is 53.2 Å². The standard InChI is InChI=1S/C21H26N4O2S/c1-4-24(5-2)21-23-18(14-28-21)13-25-12-15(3)10-19(25)11-22-17-8-6-16(7-9-17)20(26)27/h6-10,12,14,22H,4-5,11,13H2,1-3H3,(H,26,27). The van der Waals surface area contributed by atoms with E-state index in [0.717, 1.165) is 41.8 Å². The maximum atomic E-state index is 11.0. The van der Waals surface area contributed by atoms with Crippen LogP contribution in [0.3, 0.4) is 0 Å². The molecule has 7 heteroatoms. The maximum Gasteiger partial charge on any atom is 0.335 e. The molecular formula is C21H26N4O2S. The number of carboxylic acid groups (broad SMARTS) is 1. The first kappa shape index (κ1) is 19.9. The summed E-state index contributed by atoms with van der Waals surface area (Å²) in [4.78, 5) is 18.0. The van der Waals surface area contributed by atoms with Crippen molar-refractivity contribution in [2.24, 2.45) is 0 Å². The minimum Gasteiger partial charge on any atom is -0.478 e. The van der Waals surface area contributed by atoms with Crippen molar-refractivity contribution in [3.05, 3.63) is 64.4 Å². The number of hydrogen-bond acceptors (Lipinski definition) is 5. The van der Waals surface area contributed by atoms with Gasteiger partial charge in [-0.2, -0.15) is 0 Å². The van der Waals surface area contributed by atoms with Crippen molar-refractivity contribution in [3.8, 4) is 0 Å². The third-order valence-corrected chi connectivity index (χ3v) is 5.58. The van der Waals surface area contributed by atoms with Crippen LogP contribution in [0.4, 0.5) is 10.8 Å². The van der Waals surface area contributed by atoms with Crippen LogP contribution in [0.5, 0.6) is 0 Å². The van der Waals surface area contributed by atoms with Crippen LogP contribution in [0, 0.1) is 6.92 Å². The van der Waals surface area contributed by atoms with E-state index in [1.165, 1.54) is 5.56 Å². The number of anilines is 2. The smallest absolute Gasteiger partial charge is 0.335 e. The van der Waals surface area contributed by atoms with E-state index in [4.69, 9.17) is 10.1 Å². The van der Waals surface area contributed by atoms with Gasteiger partial charge >= 0.3 is 5.97 Å². The van der Waals surface area contributed by atoms with Crippen LogP contribution in [0.2, 0.25) is 0 Å². The van der Waals surface area contributed by atoms with Gasteiger partial charge in [0.1, 0.15) is 0 Å². The van der Waals surface area contributed by atoms with E-state index < -0.39 is 5.97 Å². The molecule has 0 amide bonds. The monoisotopic (exact) mass is 398 g/mol. The summed E-state index contributed by atoms with van der Waals surface area (Å²) in [6, 6.07) is 8.97. The predicted molar refractivity (Wildman–Crippen MR) is 115 cm³/mol. The number of thiazole rings is 1. The van der Waals surface area contributed by atoms with Crippen LogP contribution in [0.25, 0.3) is 0 Å². The molecule has 0 aliphatic rings. The first-order chi connectivity index (χ1) is 13.5. The second-order valence-electron chi connectivity index (χ2n) is 6.67. The summed E-state index contributed by atoms with van der Waals surface area (Å²) in [5.74, 6) is -0.914. The molecule has 3 aromatic rings. The molecule has 6 nitrogen and oxygen atoms in total. The van der Waals surface area contributed by atoms with E-state index in [1.807, 2.05) is 0 Å². The van der Waals surface area contributed by atoms with Crippen LogP contribution in [0.15, 0.2) is 41.9 Å². The van der Waals surface area contributed by atoms with Gasteiger partial charge in [0, 0.05) is 36.0 Å². The predicted octanol–water partition coefficient (Wildman–Crippen LogP) is 4.46. The van der Waals surface area contributed by atoms with Gasteiger partial charge in [0.2, 0.25) is 0 Å². The first-order valence-corrected chi connectivity index (χ1v) is 10.3. The Hall–Kier alpha value is -2.80. The average molecular weight is 399 g/mol. The molecule has 2 heterocycles. The summed E-state index contributed by atoms with van der Waals surface area (Å²) in [6.45, 7) is 9.70. The Morgan fingerprint density at radius 3 is 2.61 bits per heavy atom. The molecule has 0 radical (unpaired) electrons. The molecule has 2 N–H and O–H groups in total. The highest BCUT2D eigenvalue weighted by Crippen LogP contribution is 2.22. The minimum atomic E-state index is -0.914. The summed E-state index contributed by atoms with van der Waals surface area (Å²) in [6.07, 6.45) is 2.14. The Bertz CT molecular complexity index is 926. The summed E-state index contributed by atoms with van der Waals surface area (Å²) in [7, 11) is 0. The number of nitrogens with one attached hydrogen (secondary N) is 1. The van der Waals surface area contributed by atoms with Crippen molar-refractivity contribution >= 4 is 28.1 Å². The lowest BCUT2D eigenvalue weighted by Crippen LogP contribution is -2.21. The van der Waals surface area contributed by atoms with E-state index in [-0.39, 0.29) is 5.56 Å². The van der Waals surface area contributed by atoms with Crippen LogP contribution < -0.4 is 10.2 Å². The Morgan fingerprint density at radius 2 is 1.96 bits per heavy atom. The Kier molecular flexibility index (Phi) is 6.36. The maximum absolute atomic E-state index is 11.0. The van der Waals surface area contributed by atoms with Crippen molar-refractivity contribution in [2.45, 2.75) is 33.9 Å². The quantitative estimate of drug-likeness (QED) is 0.557. The highest BCUT2D eigenvalue weighted by molar-refractivity contribution is 7.13. The van der Waals surface area contributed by atoms with Crippen LogP contribution in [-0.4, -0.2) is 33.7 Å². The number of hydrogen-bond donors (Lipinski definition) is 2. The van der Waals surface area contributed by atoms with Crippen molar-refractivity contribution in [1.29, 1.82) is 0 Å². The molecule has 0 fully saturated rings. The lowest BCUT2D eigenvalue weighted by Gasteiger charge is -2.16. The van der Waals surface area contributed by atoms with Crippen LogP contribution in [-0.2, 0) is 13.1 Å². The molecule has 28 heavy (non-hydrogen) atoms. The number of carbonyl (C=O) groups is 1. The molecule has 0 atom stereocenters. The molecule has 0 aliphatic carbocycles. The van der Waals surface area contributed by atoms with Gasteiger partial charge in [0.05, 0.1) is 24.3 Å². The molecule has 1 aromatic carbocycles. The number of benzene rings is 1. The molecule has 0 aliphatic heterocycles. The van der Waals surface area contributed by atoms with Gasteiger partial charge in [0.25, 0.3) is 0 Å². The highest BCUT2D eigenvalue weighted by atomic mass is 32.1. The van der Waals surface area contributed by atoms with Gasteiger partial charge in [-0.25, -0.2) is 9.78 Å². The zero-order valence-corrected chi connectivity index (χ0v) is 17.3. The highest BCUT2D eigenvalue weighted by Gasteiger charge is 2.10. The summed E-state index contributed by atoms with van der Waals surface area (Å²) in [5, 5.41) is 15.6. The molecule has 0 unspecified atom stereocenters. The van der Waals surface area contributed by atoms with E-state index >= 15 is 0 Å². The summed E-state index contributed by atoms with van der Waals surface area (Å²) in [5.41, 5.74) is 4.62. The van der Waals surface area contributed by atoms with Crippen molar-refractivity contribution in [3.63, 3.8) is 0 Å². The summed E-state index contributed by atoms with van der Waals surface area (Å²) < 4.78 is 2.22. The number of rotatable bonds is 9. The van der Waals surface area contributed by atoms with Gasteiger partial charge in [-0.15, -0.1) is 11.3 Å². The molecule has 0 saturated heterocycles. The fourth-order valence-corrected chi connectivity index (χ4v) is 4.06. The number of nitrogens with zero attached hydrogens (tertiary/aromatic N) is 3. The number of aryl methyl sites for hydroxylation is 1. The average Bonchev–Trinajstić information content (AvgIpc) is 3.28. The van der Waals surface area contributed by atoms with Gasteiger partial charge in [0.15, 0.2) is 5.13 Å². The molecule has 148 valence electrons. The lowest BCUT2D eigenvalue weighted by atomic mass is 10.2. The van der Waals surface area contributed by atoms with Crippen molar-refractivity contribution in [2.75, 3.05) is 23.3 Å². The fraction of sp³-hybridized carbons (Fsp3) is 0.333. The molecule has 0 bridgehead atoms. The minimum absolute atomic E-state index is 0.289. The Morgan fingerprint density at radius 1 is 1.25 bits per heavy atom. The first-order valence-electron chi connectivity index (χ1n) is 9.42. The van der Waals surface area contributed by atoms with Gasteiger partial charge < -0.3 is 19.9 Å². The van der Waals surface area contributed by atoms with Crippen LogP contribution in [0.1, 0.15) is 41.2 Å². The third-order valence-electron chi connectivity index (χ3n) is 4.63. The SMILES string of the molecule is CCN(CC)c1nc(Cn2cc(C)cc2CNc2ccc(C(=O)O)cc2)cs1. The Labute approximate surface area is 169 Å². The molecule has 0 saturated carbocycles.